The van der Waals surface area contributed by atoms with Gasteiger partial charge in [0.2, 0.25) is 11.8 Å². The van der Waals surface area contributed by atoms with E-state index in [1.807, 2.05) is 6.07 Å². The van der Waals surface area contributed by atoms with Crippen molar-refractivity contribution in [3.8, 4) is 34.5 Å². The van der Waals surface area contributed by atoms with Gasteiger partial charge in [0.25, 0.3) is 0 Å². The summed E-state index contributed by atoms with van der Waals surface area (Å²) in [6.45, 7) is 7.25. The van der Waals surface area contributed by atoms with Crippen LogP contribution in [0, 0.1) is 0 Å². The maximum atomic E-state index is 13.6. The van der Waals surface area contributed by atoms with Gasteiger partial charge in [-0.25, -0.2) is 24.9 Å². The molecule has 46 heavy (non-hydrogen) atoms. The maximum Gasteiger partial charge on any atom is 0.434 e. The van der Waals surface area contributed by atoms with Gasteiger partial charge in [0.05, 0.1) is 18.2 Å². The van der Waals surface area contributed by atoms with Crippen LogP contribution in [0.2, 0.25) is 25.7 Å². The fourth-order valence-corrected chi connectivity index (χ4v) is 5.65. The Morgan fingerprint density at radius 1 is 0.957 bits per heavy atom. The fourth-order valence-electron chi connectivity index (χ4n) is 4.89. The molecule has 0 amide bonds. The van der Waals surface area contributed by atoms with E-state index in [-0.39, 0.29) is 25.1 Å². The van der Waals surface area contributed by atoms with Crippen molar-refractivity contribution in [2.45, 2.75) is 64.0 Å². The molecule has 0 bridgehead atoms. The molecule has 240 valence electrons. The highest BCUT2D eigenvalue weighted by Crippen LogP contribution is 2.45. The summed E-state index contributed by atoms with van der Waals surface area (Å²) in [6, 6.07) is 11.5. The monoisotopic (exact) mass is 649 g/mol. The van der Waals surface area contributed by atoms with Gasteiger partial charge in [0, 0.05) is 38.6 Å². The molecule has 0 radical (unpaired) electrons. The molecule has 0 spiro atoms. The average Bonchev–Trinajstić information content (AvgIpc) is 3.79. The van der Waals surface area contributed by atoms with Crippen molar-refractivity contribution in [3.05, 3.63) is 72.1 Å². The third-order valence-electron chi connectivity index (χ3n) is 7.54. The van der Waals surface area contributed by atoms with Gasteiger partial charge in [-0.05, 0) is 36.6 Å². The highest BCUT2D eigenvalue weighted by molar-refractivity contribution is 6.76. The van der Waals surface area contributed by atoms with Crippen LogP contribution in [0.1, 0.15) is 35.7 Å². The molecule has 5 aromatic rings. The van der Waals surface area contributed by atoms with E-state index in [2.05, 4.69) is 39.6 Å². The standard InChI is InChI=1S/C32H34F3N7O3Si/c1-43-31-25(26(21-11-12-21)37-18-38-31)28-40-27-23(6-5-13-36-27)30(41-28)45-17-20-7-9-22(10-8-20)29-39-24(32(33,34)35)16-42(29)19-44-14-15-46(2,3)4/h5-10,13,16,18,21H,11-12,14-15,17,19H2,1-4H3. The highest BCUT2D eigenvalue weighted by atomic mass is 28.3. The number of nitrogens with zero attached hydrogens (tertiary/aromatic N) is 7. The molecule has 0 atom stereocenters. The van der Waals surface area contributed by atoms with Crippen molar-refractivity contribution < 1.29 is 27.4 Å². The Balaban J connectivity index is 1.24. The lowest BCUT2D eigenvalue weighted by Crippen LogP contribution is -2.22. The summed E-state index contributed by atoms with van der Waals surface area (Å²) in [7, 11) is 0.197. The molecule has 0 aliphatic heterocycles. The number of aromatic nitrogens is 7. The molecule has 0 unspecified atom stereocenters. The summed E-state index contributed by atoms with van der Waals surface area (Å²) in [5.41, 5.74) is 2.24. The van der Waals surface area contributed by atoms with Crippen LogP contribution in [-0.2, 0) is 24.3 Å². The third kappa shape index (κ3) is 7.18. The van der Waals surface area contributed by atoms with Crippen LogP contribution in [0.25, 0.3) is 33.8 Å². The minimum atomic E-state index is -4.57. The van der Waals surface area contributed by atoms with E-state index >= 15 is 0 Å². The van der Waals surface area contributed by atoms with Crippen LogP contribution < -0.4 is 9.47 Å². The molecule has 14 heteroatoms. The lowest BCUT2D eigenvalue weighted by Gasteiger charge is -2.16. The van der Waals surface area contributed by atoms with Gasteiger partial charge < -0.3 is 18.8 Å². The van der Waals surface area contributed by atoms with E-state index in [0.717, 1.165) is 36.3 Å². The third-order valence-corrected chi connectivity index (χ3v) is 9.24. The Morgan fingerprint density at radius 3 is 2.43 bits per heavy atom. The Morgan fingerprint density at radius 2 is 1.74 bits per heavy atom. The van der Waals surface area contributed by atoms with E-state index in [9.17, 15) is 13.2 Å². The number of fused-ring (bicyclic) bond motifs is 1. The zero-order chi connectivity index (χ0) is 32.5. The first-order chi connectivity index (χ1) is 22.0. The zero-order valence-electron chi connectivity index (χ0n) is 26.0. The summed E-state index contributed by atoms with van der Waals surface area (Å²) in [4.78, 5) is 26.6. The normalized spacial score (nSPS) is 13.7. The number of hydrogen-bond donors (Lipinski definition) is 0. The predicted molar refractivity (Wildman–Crippen MR) is 168 cm³/mol. The smallest absolute Gasteiger partial charge is 0.434 e. The molecular formula is C32H34F3N7O3Si. The summed E-state index contributed by atoms with van der Waals surface area (Å²) in [5, 5.41) is 0.627. The topological polar surface area (TPSA) is 110 Å². The largest absolute Gasteiger partial charge is 0.480 e. The van der Waals surface area contributed by atoms with Crippen LogP contribution in [0.15, 0.2) is 55.1 Å². The first kappa shape index (κ1) is 31.5. The minimum absolute atomic E-state index is 0.0232. The molecular weight excluding hydrogens is 615 g/mol. The predicted octanol–water partition coefficient (Wildman–Crippen LogP) is 7.14. The van der Waals surface area contributed by atoms with Gasteiger partial charge in [-0.3, -0.25) is 0 Å². The van der Waals surface area contributed by atoms with E-state index in [1.54, 1.807) is 43.6 Å². The second-order valence-electron chi connectivity index (χ2n) is 12.4. The van der Waals surface area contributed by atoms with E-state index in [1.165, 1.54) is 10.9 Å². The molecule has 0 N–H and O–H groups in total. The van der Waals surface area contributed by atoms with E-state index in [4.69, 9.17) is 24.2 Å². The summed E-state index contributed by atoms with van der Waals surface area (Å²) in [5.74, 6) is 1.52. The number of benzene rings is 1. The van der Waals surface area contributed by atoms with Gasteiger partial charge in [-0.1, -0.05) is 43.9 Å². The molecule has 10 nitrogen and oxygen atoms in total. The van der Waals surface area contributed by atoms with Gasteiger partial charge in [-0.15, -0.1) is 0 Å². The molecule has 1 aliphatic rings. The molecule has 4 aromatic heterocycles. The average molecular weight is 650 g/mol. The lowest BCUT2D eigenvalue weighted by atomic mass is 10.1. The van der Waals surface area contributed by atoms with Crippen molar-refractivity contribution in [2.24, 2.45) is 0 Å². The molecule has 4 heterocycles. The summed E-state index contributed by atoms with van der Waals surface area (Å²) < 4.78 is 59.6. The molecule has 1 saturated carbocycles. The highest BCUT2D eigenvalue weighted by Gasteiger charge is 2.35. The summed E-state index contributed by atoms with van der Waals surface area (Å²) in [6.07, 6.45) is 1.58. The first-order valence-corrected chi connectivity index (χ1v) is 18.7. The van der Waals surface area contributed by atoms with Crippen molar-refractivity contribution in [1.82, 2.24) is 34.5 Å². The van der Waals surface area contributed by atoms with Crippen LogP contribution in [0.5, 0.6) is 11.8 Å². The van der Waals surface area contributed by atoms with Crippen LogP contribution in [0.3, 0.4) is 0 Å². The second kappa shape index (κ2) is 12.8. The zero-order valence-corrected chi connectivity index (χ0v) is 27.0. The van der Waals surface area contributed by atoms with Crippen LogP contribution in [-0.4, -0.2) is 56.3 Å². The number of ether oxygens (including phenoxy) is 3. The van der Waals surface area contributed by atoms with Gasteiger partial charge in [0.1, 0.15) is 31.1 Å². The maximum absolute atomic E-state index is 13.6. The Kier molecular flexibility index (Phi) is 8.75. The lowest BCUT2D eigenvalue weighted by molar-refractivity contribution is -0.141. The fraction of sp³-hybridized carbons (Fsp3) is 0.375. The van der Waals surface area contributed by atoms with Gasteiger partial charge in [0.15, 0.2) is 17.2 Å². The van der Waals surface area contributed by atoms with Crippen molar-refractivity contribution in [3.63, 3.8) is 0 Å². The quantitative estimate of drug-likeness (QED) is 0.103. The second-order valence-corrected chi connectivity index (χ2v) is 18.0. The van der Waals surface area contributed by atoms with Crippen LogP contribution >= 0.6 is 0 Å². The number of hydrogen-bond acceptors (Lipinski definition) is 9. The number of rotatable bonds is 12. The van der Waals surface area contributed by atoms with Crippen LogP contribution in [0.4, 0.5) is 13.2 Å². The number of halogens is 3. The molecule has 1 aromatic carbocycles. The number of methoxy groups -OCH3 is 1. The summed E-state index contributed by atoms with van der Waals surface area (Å²) >= 11 is 0. The minimum Gasteiger partial charge on any atom is -0.480 e. The Bertz CT molecular complexity index is 1840. The van der Waals surface area contributed by atoms with Crippen molar-refractivity contribution in [2.75, 3.05) is 13.7 Å². The van der Waals surface area contributed by atoms with Gasteiger partial charge in [-0.2, -0.15) is 18.2 Å². The number of pyridine rings is 1. The molecule has 1 fully saturated rings. The molecule has 1 aliphatic carbocycles. The van der Waals surface area contributed by atoms with Crippen molar-refractivity contribution in [1.29, 1.82) is 0 Å². The Hall–Kier alpha value is -4.43. The number of alkyl halides is 3. The molecule has 0 saturated heterocycles. The first-order valence-electron chi connectivity index (χ1n) is 15.0. The van der Waals surface area contributed by atoms with E-state index in [0.29, 0.717) is 46.4 Å². The number of imidazole rings is 1. The van der Waals surface area contributed by atoms with Crippen molar-refractivity contribution >= 4 is 19.1 Å². The Labute approximate surface area is 265 Å². The van der Waals surface area contributed by atoms with Gasteiger partial charge >= 0.3 is 6.18 Å². The molecule has 6 rings (SSSR count). The van der Waals surface area contributed by atoms with E-state index < -0.39 is 19.9 Å². The SMILES string of the molecule is COc1ncnc(C2CC2)c1-c1nc(OCc2ccc(-c3nc(C(F)(F)F)cn3COCC[Si](C)(C)C)cc2)c2cccnc2n1.